The molecule has 0 aromatic carbocycles. The predicted octanol–water partition coefficient (Wildman–Crippen LogP) is 2.34. The van der Waals surface area contributed by atoms with Crippen molar-refractivity contribution in [2.75, 3.05) is 27.2 Å². The van der Waals surface area contributed by atoms with E-state index in [1.807, 2.05) is 36.8 Å². The van der Waals surface area contributed by atoms with Gasteiger partial charge in [-0.15, -0.1) is 11.3 Å². The molecule has 3 heterocycles. The van der Waals surface area contributed by atoms with Crippen LogP contribution in [0, 0.1) is 12.8 Å². The minimum Gasteiger partial charge on any atom is -0.341 e. The van der Waals surface area contributed by atoms with Crippen LogP contribution in [0.1, 0.15) is 39.8 Å². The Morgan fingerprint density at radius 2 is 2.25 bits per heavy atom. The standard InChI is InChI=1S/C17H25N5OS/c1-12-16(24-11-18-12)17(23)21(3)9-13-6-5-7-20(2)15(13)14-8-19-22(4)10-14/h8,10-11,13,15H,5-7,9H2,1-4H3/t13-,15+/m0/s1. The number of amides is 1. The molecule has 0 unspecified atom stereocenters. The van der Waals surface area contributed by atoms with Crippen molar-refractivity contribution in [2.24, 2.45) is 13.0 Å². The monoisotopic (exact) mass is 347 g/mol. The molecular weight excluding hydrogens is 322 g/mol. The van der Waals surface area contributed by atoms with Crippen molar-refractivity contribution in [3.63, 3.8) is 0 Å². The van der Waals surface area contributed by atoms with Gasteiger partial charge in [0.1, 0.15) is 4.88 Å². The van der Waals surface area contributed by atoms with E-state index in [0.29, 0.717) is 12.0 Å². The fourth-order valence-electron chi connectivity index (χ4n) is 3.69. The fourth-order valence-corrected chi connectivity index (χ4v) is 4.48. The number of aromatic nitrogens is 3. The van der Waals surface area contributed by atoms with Gasteiger partial charge in [0, 0.05) is 38.4 Å². The molecule has 1 aliphatic rings. The van der Waals surface area contributed by atoms with Crippen LogP contribution >= 0.6 is 11.3 Å². The van der Waals surface area contributed by atoms with Gasteiger partial charge in [0.05, 0.1) is 17.4 Å². The molecule has 130 valence electrons. The molecule has 1 fully saturated rings. The fraction of sp³-hybridized carbons (Fsp3) is 0.588. The van der Waals surface area contributed by atoms with Crippen LogP contribution in [-0.4, -0.2) is 57.7 Å². The summed E-state index contributed by atoms with van der Waals surface area (Å²) in [4.78, 5) is 21.9. The summed E-state index contributed by atoms with van der Waals surface area (Å²) in [6.45, 7) is 3.73. The third-order valence-electron chi connectivity index (χ3n) is 4.87. The zero-order valence-corrected chi connectivity index (χ0v) is 15.6. The second-order valence-electron chi connectivity index (χ2n) is 6.73. The molecule has 1 amide bonds. The molecule has 1 saturated heterocycles. The van der Waals surface area contributed by atoms with Crippen LogP contribution in [0.3, 0.4) is 0 Å². The minimum absolute atomic E-state index is 0.0770. The molecule has 6 nitrogen and oxygen atoms in total. The first-order valence-electron chi connectivity index (χ1n) is 8.31. The van der Waals surface area contributed by atoms with E-state index in [-0.39, 0.29) is 5.91 Å². The molecule has 0 N–H and O–H groups in total. The SMILES string of the molecule is Cc1ncsc1C(=O)N(C)C[C@@H]1CCCN(C)[C@H]1c1cnn(C)c1. The smallest absolute Gasteiger partial charge is 0.265 e. The number of rotatable bonds is 4. The summed E-state index contributed by atoms with van der Waals surface area (Å²) in [5.74, 6) is 0.489. The Kier molecular flexibility index (Phi) is 5.01. The Morgan fingerprint density at radius 3 is 2.88 bits per heavy atom. The number of likely N-dealkylation sites (tertiary alicyclic amines) is 1. The molecule has 2 aromatic heterocycles. The van der Waals surface area contributed by atoms with Crippen molar-refractivity contribution in [1.82, 2.24) is 24.6 Å². The van der Waals surface area contributed by atoms with E-state index in [9.17, 15) is 4.79 Å². The molecule has 0 radical (unpaired) electrons. The van der Waals surface area contributed by atoms with Crippen molar-refractivity contribution < 1.29 is 4.79 Å². The molecule has 0 saturated carbocycles. The molecule has 1 aliphatic heterocycles. The van der Waals surface area contributed by atoms with E-state index in [1.165, 1.54) is 23.3 Å². The second kappa shape index (κ2) is 7.03. The maximum atomic E-state index is 12.7. The number of carbonyl (C=O) groups is 1. The van der Waals surface area contributed by atoms with Crippen molar-refractivity contribution in [1.29, 1.82) is 0 Å². The topological polar surface area (TPSA) is 54.3 Å². The van der Waals surface area contributed by atoms with Gasteiger partial charge in [-0.3, -0.25) is 14.4 Å². The first kappa shape index (κ1) is 17.1. The molecule has 0 bridgehead atoms. The highest BCUT2D eigenvalue weighted by molar-refractivity contribution is 7.11. The molecule has 3 rings (SSSR count). The van der Waals surface area contributed by atoms with Gasteiger partial charge in [-0.2, -0.15) is 5.10 Å². The molecule has 7 heteroatoms. The summed E-state index contributed by atoms with van der Waals surface area (Å²) in [6.07, 6.45) is 6.34. The maximum absolute atomic E-state index is 12.7. The van der Waals surface area contributed by atoms with Gasteiger partial charge >= 0.3 is 0 Å². The van der Waals surface area contributed by atoms with E-state index in [0.717, 1.165) is 30.1 Å². The van der Waals surface area contributed by atoms with Gasteiger partial charge < -0.3 is 4.90 Å². The molecule has 24 heavy (non-hydrogen) atoms. The molecule has 0 spiro atoms. The average Bonchev–Trinajstić information content (AvgIpc) is 3.15. The van der Waals surface area contributed by atoms with E-state index in [1.54, 1.807) is 5.51 Å². The van der Waals surface area contributed by atoms with Gasteiger partial charge in [-0.25, -0.2) is 4.98 Å². The number of hydrogen-bond donors (Lipinski definition) is 0. The van der Waals surface area contributed by atoms with Crippen molar-refractivity contribution in [2.45, 2.75) is 25.8 Å². The van der Waals surface area contributed by atoms with Crippen molar-refractivity contribution >= 4 is 17.2 Å². The first-order chi connectivity index (χ1) is 11.5. The Bertz CT molecular complexity index is 709. The number of piperidine rings is 1. The van der Waals surface area contributed by atoms with Crippen LogP contribution in [0.25, 0.3) is 0 Å². The van der Waals surface area contributed by atoms with Crippen LogP contribution in [0.5, 0.6) is 0 Å². The Hall–Kier alpha value is -1.73. The summed E-state index contributed by atoms with van der Waals surface area (Å²) in [5.41, 5.74) is 3.80. The second-order valence-corrected chi connectivity index (χ2v) is 7.58. The van der Waals surface area contributed by atoms with Gasteiger partial charge in [-0.1, -0.05) is 0 Å². The van der Waals surface area contributed by atoms with Gasteiger partial charge in [0.2, 0.25) is 0 Å². The summed E-state index contributed by atoms with van der Waals surface area (Å²) in [5, 5.41) is 4.33. The van der Waals surface area contributed by atoms with Crippen LogP contribution in [0.15, 0.2) is 17.9 Å². The van der Waals surface area contributed by atoms with Crippen LogP contribution in [-0.2, 0) is 7.05 Å². The molecule has 2 atom stereocenters. The minimum atomic E-state index is 0.0770. The lowest BCUT2D eigenvalue weighted by Crippen LogP contribution is -2.42. The Morgan fingerprint density at radius 1 is 1.46 bits per heavy atom. The third kappa shape index (κ3) is 3.37. The zero-order chi connectivity index (χ0) is 17.3. The van der Waals surface area contributed by atoms with Crippen LogP contribution in [0.2, 0.25) is 0 Å². The number of nitrogens with zero attached hydrogens (tertiary/aromatic N) is 5. The van der Waals surface area contributed by atoms with E-state index >= 15 is 0 Å². The maximum Gasteiger partial charge on any atom is 0.265 e. The lowest BCUT2D eigenvalue weighted by Gasteiger charge is -2.40. The van der Waals surface area contributed by atoms with Crippen molar-refractivity contribution in [3.05, 3.63) is 34.0 Å². The molecule has 2 aromatic rings. The lowest BCUT2D eigenvalue weighted by molar-refractivity contribution is 0.0648. The Labute approximate surface area is 147 Å². The van der Waals surface area contributed by atoms with E-state index in [2.05, 4.69) is 28.2 Å². The van der Waals surface area contributed by atoms with Crippen LogP contribution in [0.4, 0.5) is 0 Å². The molecular formula is C17H25N5OS. The summed E-state index contributed by atoms with van der Waals surface area (Å²) in [7, 11) is 6.01. The lowest BCUT2D eigenvalue weighted by atomic mass is 9.85. The summed E-state index contributed by atoms with van der Waals surface area (Å²) in [6, 6.07) is 0.310. The highest BCUT2D eigenvalue weighted by Gasteiger charge is 2.33. The number of aryl methyl sites for hydroxylation is 2. The summed E-state index contributed by atoms with van der Waals surface area (Å²) < 4.78 is 1.85. The van der Waals surface area contributed by atoms with Gasteiger partial charge in [0.15, 0.2) is 0 Å². The highest BCUT2D eigenvalue weighted by Crippen LogP contribution is 2.35. The first-order valence-corrected chi connectivity index (χ1v) is 9.19. The normalized spacial score (nSPS) is 21.8. The largest absolute Gasteiger partial charge is 0.341 e. The number of hydrogen-bond acceptors (Lipinski definition) is 5. The van der Waals surface area contributed by atoms with Crippen molar-refractivity contribution in [3.8, 4) is 0 Å². The highest BCUT2D eigenvalue weighted by atomic mass is 32.1. The predicted molar refractivity (Wildman–Crippen MR) is 95.1 cm³/mol. The zero-order valence-electron chi connectivity index (χ0n) is 14.8. The quantitative estimate of drug-likeness (QED) is 0.852. The summed E-state index contributed by atoms with van der Waals surface area (Å²) >= 11 is 1.42. The number of carbonyl (C=O) groups excluding carboxylic acids is 1. The van der Waals surface area contributed by atoms with Gasteiger partial charge in [0.25, 0.3) is 5.91 Å². The van der Waals surface area contributed by atoms with Crippen LogP contribution < -0.4 is 0 Å². The van der Waals surface area contributed by atoms with E-state index in [4.69, 9.17) is 0 Å². The Balaban J connectivity index is 1.76. The van der Waals surface area contributed by atoms with Gasteiger partial charge in [-0.05, 0) is 39.3 Å². The average molecular weight is 347 g/mol. The van der Waals surface area contributed by atoms with E-state index < -0.39 is 0 Å². The third-order valence-corrected chi connectivity index (χ3v) is 5.78. The number of thiazole rings is 1. The molecule has 0 aliphatic carbocycles.